The van der Waals surface area contributed by atoms with E-state index in [2.05, 4.69) is 10.4 Å². The molecule has 1 aromatic rings. The van der Waals surface area contributed by atoms with E-state index in [0.29, 0.717) is 12.1 Å². The number of nitrogens with one attached hydrogen (secondary N) is 1. The number of hydrogen-bond donors (Lipinski definition) is 1. The number of carbonyl (C=O) groups excluding carboxylic acids is 2. The molecule has 148 valence electrons. The summed E-state index contributed by atoms with van der Waals surface area (Å²) in [6, 6.07) is 9.36. The van der Waals surface area contributed by atoms with Crippen molar-refractivity contribution in [2.45, 2.75) is 52.2 Å². The fraction of sp³-hybridized carbons (Fsp3) is 0.500. The molecule has 0 saturated carbocycles. The second-order valence-corrected chi connectivity index (χ2v) is 8.46. The first kappa shape index (κ1) is 19.0. The van der Waals surface area contributed by atoms with E-state index < -0.39 is 6.09 Å². The van der Waals surface area contributed by atoms with Crippen LogP contribution in [0, 0.1) is 5.41 Å². The quantitative estimate of drug-likeness (QED) is 0.812. The Hall–Kier alpha value is -2.31. The van der Waals surface area contributed by atoms with Crippen molar-refractivity contribution in [3.8, 4) is 0 Å². The number of piperidine rings is 1. The number of Topliss-reactive ketones (excluding diaryl/α,β-unsaturated/α-hetero) is 1. The van der Waals surface area contributed by atoms with Crippen LogP contribution in [0.1, 0.15) is 45.1 Å². The normalized spacial score (nSPS) is 26.0. The molecule has 1 saturated heterocycles. The molecule has 28 heavy (non-hydrogen) atoms. The summed E-state index contributed by atoms with van der Waals surface area (Å²) in [7, 11) is 0. The van der Waals surface area contributed by atoms with Gasteiger partial charge < -0.3 is 10.1 Å². The fourth-order valence-corrected chi connectivity index (χ4v) is 4.76. The number of benzene rings is 1. The number of allylic oxidation sites excluding steroid dienone is 2. The first-order valence-electron chi connectivity index (χ1n) is 10.1. The van der Waals surface area contributed by atoms with Crippen molar-refractivity contribution in [1.82, 2.24) is 5.32 Å². The van der Waals surface area contributed by atoms with E-state index in [1.165, 1.54) is 0 Å². The number of hydrogen-bond acceptors (Lipinski definition) is 5. The summed E-state index contributed by atoms with van der Waals surface area (Å²) in [5.41, 5.74) is 2.37. The standard InChI is InChI=1S/C22H28N3O3/c1-16(2)25(21(27)28-15-17-6-4-3-5-7-17)20-18(14-24-25)12-22(13-19(20)26)8-10-23-11-9-22/h3-7,14,16,23H,8-13,15H2,1-2H3/q+1. The van der Waals surface area contributed by atoms with Crippen molar-refractivity contribution >= 4 is 18.1 Å². The minimum absolute atomic E-state index is 0.0120. The van der Waals surface area contributed by atoms with Gasteiger partial charge in [-0.3, -0.25) is 4.79 Å². The topological polar surface area (TPSA) is 67.8 Å². The molecule has 0 aromatic heterocycles. The summed E-state index contributed by atoms with van der Waals surface area (Å²) in [4.78, 5) is 26.5. The summed E-state index contributed by atoms with van der Waals surface area (Å²) in [5.74, 6) is 0.0472. The third-order valence-electron chi connectivity index (χ3n) is 6.30. The van der Waals surface area contributed by atoms with Crippen LogP contribution < -0.4 is 5.32 Å². The molecule has 2 aliphatic heterocycles. The van der Waals surface area contributed by atoms with E-state index in [1.807, 2.05) is 44.2 Å². The molecule has 3 aliphatic rings. The fourth-order valence-electron chi connectivity index (χ4n) is 4.76. The van der Waals surface area contributed by atoms with Gasteiger partial charge in [-0.1, -0.05) is 40.0 Å². The SMILES string of the molecule is CC(C)[N+]1(C(=O)OCc2ccccc2)N=CC2=C1C(=O)CC1(CCNCC1)C2. The van der Waals surface area contributed by atoms with Crippen molar-refractivity contribution in [3.05, 3.63) is 47.2 Å². The van der Waals surface area contributed by atoms with E-state index in [0.717, 1.165) is 43.5 Å². The molecule has 1 atom stereocenters. The number of carbonyl (C=O) groups is 2. The lowest BCUT2D eigenvalue weighted by atomic mass is 9.67. The molecular formula is C22H28N3O3+. The largest absolute Gasteiger partial charge is 0.549 e. The molecule has 1 unspecified atom stereocenters. The maximum absolute atomic E-state index is 13.3. The van der Waals surface area contributed by atoms with Gasteiger partial charge in [-0.05, 0) is 57.2 Å². The highest BCUT2D eigenvalue weighted by molar-refractivity contribution is 6.04. The van der Waals surface area contributed by atoms with Crippen molar-refractivity contribution in [1.29, 1.82) is 0 Å². The minimum Gasteiger partial charge on any atom is -0.413 e. The van der Waals surface area contributed by atoms with Gasteiger partial charge in [-0.2, -0.15) is 4.79 Å². The zero-order valence-corrected chi connectivity index (χ0v) is 16.6. The van der Waals surface area contributed by atoms with Gasteiger partial charge in [-0.25, -0.2) is 0 Å². The van der Waals surface area contributed by atoms with Crippen molar-refractivity contribution in [3.63, 3.8) is 0 Å². The van der Waals surface area contributed by atoms with Gasteiger partial charge in [0.05, 0.1) is 6.21 Å². The van der Waals surface area contributed by atoms with Crippen LogP contribution >= 0.6 is 0 Å². The zero-order chi connectivity index (χ0) is 19.8. The van der Waals surface area contributed by atoms with Crippen molar-refractivity contribution in [2.75, 3.05) is 13.1 Å². The van der Waals surface area contributed by atoms with Crippen molar-refractivity contribution < 1.29 is 18.9 Å². The van der Waals surface area contributed by atoms with E-state index in [9.17, 15) is 9.59 Å². The number of rotatable bonds is 3. The summed E-state index contributed by atoms with van der Waals surface area (Å²) in [6.45, 7) is 5.89. The number of nitrogens with zero attached hydrogens (tertiary/aromatic N) is 2. The van der Waals surface area contributed by atoms with Gasteiger partial charge in [0.15, 0.2) is 0 Å². The Morgan fingerprint density at radius 2 is 1.93 bits per heavy atom. The van der Waals surface area contributed by atoms with Crippen LogP contribution in [0.3, 0.4) is 0 Å². The third-order valence-corrected chi connectivity index (χ3v) is 6.30. The van der Waals surface area contributed by atoms with Crippen LogP contribution in [0.4, 0.5) is 4.79 Å². The maximum Gasteiger partial charge on any atom is 0.549 e. The second-order valence-electron chi connectivity index (χ2n) is 8.46. The van der Waals surface area contributed by atoms with Gasteiger partial charge >= 0.3 is 6.09 Å². The Bertz CT molecular complexity index is 838. The molecular weight excluding hydrogens is 354 g/mol. The van der Waals surface area contributed by atoms with Crippen molar-refractivity contribution in [2.24, 2.45) is 10.5 Å². The monoisotopic (exact) mass is 382 g/mol. The van der Waals surface area contributed by atoms with Crippen LogP contribution in [-0.4, -0.2) is 41.8 Å². The lowest BCUT2D eigenvalue weighted by Gasteiger charge is -2.41. The predicted octanol–water partition coefficient (Wildman–Crippen LogP) is 3.53. The Labute approximate surface area is 165 Å². The Morgan fingerprint density at radius 3 is 2.61 bits per heavy atom. The molecule has 1 N–H and O–H groups in total. The summed E-state index contributed by atoms with van der Waals surface area (Å²) < 4.78 is 5.27. The van der Waals surface area contributed by atoms with Crippen LogP contribution in [0.15, 0.2) is 46.7 Å². The van der Waals surface area contributed by atoms with Crippen LogP contribution in [0.25, 0.3) is 0 Å². The van der Waals surface area contributed by atoms with E-state index >= 15 is 0 Å². The molecule has 0 bridgehead atoms. The highest BCUT2D eigenvalue weighted by Crippen LogP contribution is 2.48. The molecule has 6 nitrogen and oxygen atoms in total. The average Bonchev–Trinajstić information content (AvgIpc) is 3.08. The Balaban J connectivity index is 1.61. The third kappa shape index (κ3) is 3.10. The summed E-state index contributed by atoms with van der Waals surface area (Å²) in [6.07, 6.45) is 4.56. The zero-order valence-electron chi connectivity index (χ0n) is 16.6. The van der Waals surface area contributed by atoms with Crippen LogP contribution in [0.5, 0.6) is 0 Å². The molecule has 1 spiro atoms. The van der Waals surface area contributed by atoms with E-state index in [4.69, 9.17) is 4.74 Å². The highest BCUT2D eigenvalue weighted by Gasteiger charge is 2.58. The molecule has 1 amide bonds. The minimum atomic E-state index is -0.477. The lowest BCUT2D eigenvalue weighted by Crippen LogP contribution is -2.54. The van der Waals surface area contributed by atoms with Gasteiger partial charge in [0.2, 0.25) is 11.5 Å². The number of ketones is 1. The predicted molar refractivity (Wildman–Crippen MR) is 106 cm³/mol. The molecule has 0 radical (unpaired) electrons. The highest BCUT2D eigenvalue weighted by atomic mass is 16.6. The van der Waals surface area contributed by atoms with E-state index in [-0.39, 0.29) is 28.4 Å². The number of quaternary nitrogens is 1. The number of ether oxygens (including phenoxy) is 1. The molecule has 1 fully saturated rings. The summed E-state index contributed by atoms with van der Waals surface area (Å²) in [5, 5.41) is 7.96. The van der Waals surface area contributed by atoms with Crippen LogP contribution in [-0.2, 0) is 16.1 Å². The first-order valence-corrected chi connectivity index (χ1v) is 10.1. The van der Waals surface area contributed by atoms with Gasteiger partial charge in [0.25, 0.3) is 0 Å². The molecule has 4 rings (SSSR count). The first-order chi connectivity index (χ1) is 13.5. The van der Waals surface area contributed by atoms with Crippen LogP contribution in [0.2, 0.25) is 0 Å². The molecule has 6 heteroatoms. The van der Waals surface area contributed by atoms with Gasteiger partial charge in [0, 0.05) is 12.0 Å². The number of amides is 1. The smallest absolute Gasteiger partial charge is 0.413 e. The Kier molecular flexibility index (Phi) is 4.93. The average molecular weight is 382 g/mol. The molecule has 1 aromatic carbocycles. The van der Waals surface area contributed by atoms with E-state index in [1.54, 1.807) is 6.21 Å². The lowest BCUT2D eigenvalue weighted by molar-refractivity contribution is -0.842. The summed E-state index contributed by atoms with van der Waals surface area (Å²) >= 11 is 0. The van der Waals surface area contributed by atoms with Gasteiger partial charge in [0.1, 0.15) is 12.6 Å². The maximum atomic E-state index is 13.3. The Morgan fingerprint density at radius 1 is 1.21 bits per heavy atom. The molecule has 1 aliphatic carbocycles. The van der Waals surface area contributed by atoms with Gasteiger partial charge in [-0.15, -0.1) is 0 Å². The molecule has 2 heterocycles. The second kappa shape index (κ2) is 7.26.